The van der Waals surface area contributed by atoms with Gasteiger partial charge in [0, 0.05) is 10.0 Å². The highest BCUT2D eigenvalue weighted by Crippen LogP contribution is 2.36. The molecule has 1 atom stereocenters. The van der Waals surface area contributed by atoms with Gasteiger partial charge in [-0.15, -0.1) is 0 Å². The fourth-order valence-corrected chi connectivity index (χ4v) is 1.91. The molecule has 0 saturated heterocycles. The first-order chi connectivity index (χ1) is 6.11. The Hall–Kier alpha value is -0.940. The molecular formula is C8H6BrFN2O. The molecule has 0 saturated carbocycles. The Morgan fingerprint density at radius 3 is 2.85 bits per heavy atom. The van der Waals surface area contributed by atoms with Crippen LogP contribution in [0.1, 0.15) is 11.6 Å². The number of rotatable bonds is 0. The van der Waals surface area contributed by atoms with Gasteiger partial charge in [0.25, 0.3) is 0 Å². The third-order valence-corrected chi connectivity index (χ3v) is 2.67. The number of carbonyl (C=O) groups excluding carboxylic acids is 1. The molecule has 1 unspecified atom stereocenters. The zero-order chi connectivity index (χ0) is 9.59. The number of carbonyl (C=O) groups is 1. The first kappa shape index (κ1) is 8.65. The molecule has 1 aromatic rings. The average Bonchev–Trinajstić information content (AvgIpc) is 2.38. The smallest absolute Gasteiger partial charge is 0.246 e. The summed E-state index contributed by atoms with van der Waals surface area (Å²) in [6, 6.07) is 2.04. The molecule has 3 nitrogen and oxygen atoms in total. The molecule has 2 rings (SSSR count). The van der Waals surface area contributed by atoms with Gasteiger partial charge in [-0.05, 0) is 12.1 Å². The topological polar surface area (TPSA) is 55.1 Å². The minimum Gasteiger partial charge on any atom is -0.322 e. The molecule has 3 N–H and O–H groups in total. The highest BCUT2D eigenvalue weighted by atomic mass is 79.9. The van der Waals surface area contributed by atoms with Gasteiger partial charge in [0.15, 0.2) is 0 Å². The number of nitrogens with one attached hydrogen (secondary N) is 1. The van der Waals surface area contributed by atoms with E-state index in [4.69, 9.17) is 5.73 Å². The van der Waals surface area contributed by atoms with Gasteiger partial charge in [-0.1, -0.05) is 15.9 Å². The van der Waals surface area contributed by atoms with Crippen LogP contribution in [0.15, 0.2) is 16.6 Å². The highest BCUT2D eigenvalue weighted by Gasteiger charge is 2.31. The molecule has 0 aromatic heterocycles. The lowest BCUT2D eigenvalue weighted by Crippen LogP contribution is -2.19. The van der Waals surface area contributed by atoms with E-state index in [1.54, 1.807) is 0 Å². The lowest BCUT2D eigenvalue weighted by molar-refractivity contribution is -0.116. The van der Waals surface area contributed by atoms with Crippen LogP contribution < -0.4 is 11.1 Å². The van der Waals surface area contributed by atoms with Crippen molar-refractivity contribution in [3.8, 4) is 0 Å². The molecule has 1 heterocycles. The highest BCUT2D eigenvalue weighted by molar-refractivity contribution is 9.10. The Labute approximate surface area is 82.2 Å². The summed E-state index contributed by atoms with van der Waals surface area (Å²) in [6.45, 7) is 0. The van der Waals surface area contributed by atoms with Gasteiger partial charge >= 0.3 is 0 Å². The van der Waals surface area contributed by atoms with Crippen molar-refractivity contribution < 1.29 is 9.18 Å². The van der Waals surface area contributed by atoms with Crippen LogP contribution in [0.5, 0.6) is 0 Å². The molecule has 0 bridgehead atoms. The molecular weight excluding hydrogens is 239 g/mol. The Morgan fingerprint density at radius 1 is 1.54 bits per heavy atom. The largest absolute Gasteiger partial charge is 0.322 e. The fourth-order valence-electron chi connectivity index (χ4n) is 1.33. The van der Waals surface area contributed by atoms with Gasteiger partial charge in [0.1, 0.15) is 11.9 Å². The van der Waals surface area contributed by atoms with Crippen molar-refractivity contribution in [2.45, 2.75) is 6.04 Å². The molecule has 0 aliphatic carbocycles. The first-order valence-corrected chi connectivity index (χ1v) is 4.45. The Balaban J connectivity index is 2.68. The summed E-state index contributed by atoms with van der Waals surface area (Å²) >= 11 is 3.21. The van der Waals surface area contributed by atoms with Crippen LogP contribution in [-0.2, 0) is 4.79 Å². The number of anilines is 1. The average molecular weight is 245 g/mol. The second kappa shape index (κ2) is 2.78. The number of benzene rings is 1. The lowest BCUT2D eigenvalue weighted by atomic mass is 10.1. The number of fused-ring (bicyclic) bond motifs is 1. The predicted molar refractivity (Wildman–Crippen MR) is 49.7 cm³/mol. The van der Waals surface area contributed by atoms with Gasteiger partial charge in [0.05, 0.1) is 5.69 Å². The van der Waals surface area contributed by atoms with Crippen molar-refractivity contribution >= 4 is 27.5 Å². The number of halogens is 2. The van der Waals surface area contributed by atoms with E-state index in [1.165, 1.54) is 12.1 Å². The van der Waals surface area contributed by atoms with E-state index < -0.39 is 11.9 Å². The molecule has 5 heteroatoms. The molecule has 1 aromatic carbocycles. The number of nitrogens with two attached hydrogens (primary N) is 1. The Bertz CT molecular complexity index is 394. The van der Waals surface area contributed by atoms with E-state index >= 15 is 0 Å². The normalized spacial score (nSPS) is 19.9. The van der Waals surface area contributed by atoms with Crippen LogP contribution in [-0.4, -0.2) is 5.91 Å². The standard InChI is InChI=1S/C8H6BrFN2O/c9-3-1-2-4(10)7-5(3)6(11)8(13)12-7/h1-2,6H,11H2,(H,12,13). The van der Waals surface area contributed by atoms with Gasteiger partial charge in [-0.3, -0.25) is 4.79 Å². The van der Waals surface area contributed by atoms with E-state index in [2.05, 4.69) is 21.2 Å². The second-order valence-electron chi connectivity index (χ2n) is 2.78. The molecule has 0 fully saturated rings. The zero-order valence-corrected chi connectivity index (χ0v) is 8.06. The first-order valence-electron chi connectivity index (χ1n) is 3.65. The van der Waals surface area contributed by atoms with Crippen molar-refractivity contribution in [2.75, 3.05) is 5.32 Å². The van der Waals surface area contributed by atoms with Crippen LogP contribution in [0.3, 0.4) is 0 Å². The lowest BCUT2D eigenvalue weighted by Gasteiger charge is -2.04. The van der Waals surface area contributed by atoms with Crippen LogP contribution >= 0.6 is 15.9 Å². The molecule has 0 radical (unpaired) electrons. The van der Waals surface area contributed by atoms with E-state index in [1.807, 2.05) is 0 Å². The van der Waals surface area contributed by atoms with Crippen molar-refractivity contribution in [1.29, 1.82) is 0 Å². The number of hydrogen-bond acceptors (Lipinski definition) is 2. The van der Waals surface area contributed by atoms with Gasteiger partial charge < -0.3 is 11.1 Å². The molecule has 1 aliphatic rings. The third-order valence-electron chi connectivity index (χ3n) is 1.98. The zero-order valence-electron chi connectivity index (χ0n) is 6.47. The summed E-state index contributed by atoms with van der Waals surface area (Å²) < 4.78 is 13.8. The van der Waals surface area contributed by atoms with Crippen LogP contribution in [0.25, 0.3) is 0 Å². The summed E-state index contributed by atoms with van der Waals surface area (Å²) in [5.74, 6) is -0.833. The maximum absolute atomic E-state index is 13.1. The van der Waals surface area contributed by atoms with E-state index in [0.717, 1.165) is 0 Å². The second-order valence-corrected chi connectivity index (χ2v) is 3.64. The van der Waals surface area contributed by atoms with Gasteiger partial charge in [-0.2, -0.15) is 0 Å². The predicted octanol–water partition coefficient (Wildman–Crippen LogP) is 1.54. The molecule has 1 aliphatic heterocycles. The van der Waals surface area contributed by atoms with Crippen molar-refractivity contribution in [3.05, 3.63) is 28.0 Å². The van der Waals surface area contributed by atoms with Crippen molar-refractivity contribution in [3.63, 3.8) is 0 Å². The summed E-state index contributed by atoms with van der Waals surface area (Å²) in [7, 11) is 0. The fraction of sp³-hybridized carbons (Fsp3) is 0.125. The number of hydrogen-bond donors (Lipinski definition) is 2. The van der Waals surface area contributed by atoms with Crippen molar-refractivity contribution in [2.24, 2.45) is 5.73 Å². The molecule has 0 spiro atoms. The summed E-state index contributed by atoms with van der Waals surface area (Å²) in [5.41, 5.74) is 6.23. The Morgan fingerprint density at radius 2 is 2.23 bits per heavy atom. The monoisotopic (exact) mass is 244 g/mol. The molecule has 1 amide bonds. The third kappa shape index (κ3) is 1.15. The van der Waals surface area contributed by atoms with E-state index in [9.17, 15) is 9.18 Å². The summed E-state index contributed by atoms with van der Waals surface area (Å²) in [6.07, 6.45) is 0. The molecule has 68 valence electrons. The van der Waals surface area contributed by atoms with E-state index in [0.29, 0.717) is 10.0 Å². The van der Waals surface area contributed by atoms with Gasteiger partial charge in [0.2, 0.25) is 5.91 Å². The summed E-state index contributed by atoms with van der Waals surface area (Å²) in [5, 5.41) is 2.39. The maximum atomic E-state index is 13.1. The van der Waals surface area contributed by atoms with Crippen LogP contribution in [0, 0.1) is 5.82 Å². The molecule has 13 heavy (non-hydrogen) atoms. The van der Waals surface area contributed by atoms with Crippen LogP contribution in [0.4, 0.5) is 10.1 Å². The van der Waals surface area contributed by atoms with E-state index in [-0.39, 0.29) is 11.6 Å². The minimum atomic E-state index is -0.778. The Kier molecular flexibility index (Phi) is 1.85. The minimum absolute atomic E-state index is 0.187. The maximum Gasteiger partial charge on any atom is 0.246 e. The van der Waals surface area contributed by atoms with Gasteiger partial charge in [-0.25, -0.2) is 4.39 Å². The van der Waals surface area contributed by atoms with Crippen molar-refractivity contribution in [1.82, 2.24) is 0 Å². The summed E-state index contributed by atoms with van der Waals surface area (Å²) in [4.78, 5) is 11.1. The van der Waals surface area contributed by atoms with Crippen LogP contribution in [0.2, 0.25) is 0 Å². The number of amides is 1. The SMILES string of the molecule is NC1C(=O)Nc2c(F)ccc(Br)c21. The quantitative estimate of drug-likeness (QED) is 0.728.